The number of tetrazole rings is 1. The Morgan fingerprint density at radius 3 is 2.81 bits per heavy atom. The molecule has 0 radical (unpaired) electrons. The van der Waals surface area contributed by atoms with Gasteiger partial charge in [0.05, 0.1) is 16.7 Å². The van der Waals surface area contributed by atoms with Crippen LogP contribution in [0, 0.1) is 16.0 Å². The molecule has 1 aromatic carbocycles. The molecule has 0 aliphatic rings. The lowest BCUT2D eigenvalue weighted by Gasteiger charge is -2.15. The number of benzene rings is 1. The summed E-state index contributed by atoms with van der Waals surface area (Å²) in [4.78, 5) is 10.4. The lowest BCUT2D eigenvalue weighted by atomic mass is 10.2. The molecule has 1 aromatic heterocycles. The molecule has 0 saturated carbocycles. The van der Waals surface area contributed by atoms with Crippen LogP contribution in [0.4, 0.5) is 5.69 Å². The molecule has 1 heterocycles. The van der Waals surface area contributed by atoms with Gasteiger partial charge in [-0.15, -0.1) is 5.10 Å². The highest BCUT2D eigenvalue weighted by Gasteiger charge is 2.17. The van der Waals surface area contributed by atoms with Gasteiger partial charge in [-0.05, 0) is 35.9 Å². The van der Waals surface area contributed by atoms with E-state index in [-0.39, 0.29) is 11.7 Å². The lowest BCUT2D eigenvalue weighted by molar-refractivity contribution is -0.384. The predicted molar refractivity (Wildman–Crippen MR) is 77.1 cm³/mol. The zero-order valence-electron chi connectivity index (χ0n) is 12.2. The Morgan fingerprint density at radius 1 is 1.38 bits per heavy atom. The molecule has 112 valence electrons. The minimum atomic E-state index is -0.437. The van der Waals surface area contributed by atoms with Crippen LogP contribution in [0.1, 0.15) is 32.6 Å². The molecule has 0 amide bonds. The fourth-order valence-corrected chi connectivity index (χ4v) is 1.89. The number of nitrogens with one attached hydrogen (secondary N) is 1. The monoisotopic (exact) mass is 290 g/mol. The first-order chi connectivity index (χ1) is 9.99. The Morgan fingerprint density at radius 2 is 2.14 bits per heavy atom. The summed E-state index contributed by atoms with van der Waals surface area (Å²) in [6, 6.07) is 6.19. The normalized spacial score (nSPS) is 12.6. The molecule has 0 bridgehead atoms. The maximum absolute atomic E-state index is 10.9. The zero-order valence-corrected chi connectivity index (χ0v) is 12.2. The smallest absolute Gasteiger partial charge is 0.271 e. The molecule has 0 aliphatic heterocycles. The van der Waals surface area contributed by atoms with Crippen LogP contribution in [0.5, 0.6) is 0 Å². The first-order valence-corrected chi connectivity index (χ1v) is 6.75. The van der Waals surface area contributed by atoms with E-state index in [1.165, 1.54) is 16.8 Å². The number of nitro groups is 1. The van der Waals surface area contributed by atoms with Crippen LogP contribution in [0.3, 0.4) is 0 Å². The van der Waals surface area contributed by atoms with Gasteiger partial charge in [0, 0.05) is 12.1 Å². The molecule has 21 heavy (non-hydrogen) atoms. The first kappa shape index (κ1) is 15.0. The molecule has 8 heteroatoms. The molecule has 2 aromatic rings. The molecule has 0 spiro atoms. The van der Waals surface area contributed by atoms with E-state index in [4.69, 9.17) is 0 Å². The van der Waals surface area contributed by atoms with Crippen molar-refractivity contribution in [2.24, 2.45) is 5.92 Å². The van der Waals surface area contributed by atoms with Gasteiger partial charge in [0.2, 0.25) is 0 Å². The molecule has 2 rings (SSSR count). The molecule has 0 fully saturated rings. The number of aromatic nitrogens is 4. The Balaban J connectivity index is 2.27. The molecule has 8 nitrogen and oxygen atoms in total. The van der Waals surface area contributed by atoms with Crippen LogP contribution in [0.2, 0.25) is 0 Å². The fraction of sp³-hybridized carbons (Fsp3) is 0.462. The minimum absolute atomic E-state index is 0.0109. The number of non-ortho nitro benzene ring substituents is 1. The third kappa shape index (κ3) is 3.60. The van der Waals surface area contributed by atoms with Gasteiger partial charge in [0.1, 0.15) is 0 Å². The zero-order chi connectivity index (χ0) is 15.4. The van der Waals surface area contributed by atoms with Crippen LogP contribution in [0.15, 0.2) is 24.3 Å². The highest BCUT2D eigenvalue weighted by molar-refractivity contribution is 5.42. The fourth-order valence-electron chi connectivity index (χ4n) is 1.89. The van der Waals surface area contributed by atoms with Crippen molar-refractivity contribution in [1.29, 1.82) is 0 Å². The Labute approximate surface area is 122 Å². The van der Waals surface area contributed by atoms with E-state index in [2.05, 4.69) is 34.7 Å². The number of rotatable bonds is 6. The summed E-state index contributed by atoms with van der Waals surface area (Å²) < 4.78 is 1.52. The maximum atomic E-state index is 10.9. The highest BCUT2D eigenvalue weighted by atomic mass is 16.6. The summed E-state index contributed by atoms with van der Waals surface area (Å²) in [5, 5.41) is 25.8. The van der Waals surface area contributed by atoms with Crippen molar-refractivity contribution >= 4 is 5.69 Å². The topological polar surface area (TPSA) is 98.8 Å². The van der Waals surface area contributed by atoms with Crippen molar-refractivity contribution < 1.29 is 4.92 Å². The average molecular weight is 290 g/mol. The number of hydrogen-bond donors (Lipinski definition) is 1. The van der Waals surface area contributed by atoms with Crippen LogP contribution >= 0.6 is 0 Å². The largest absolute Gasteiger partial charge is 0.307 e. The van der Waals surface area contributed by atoms with E-state index >= 15 is 0 Å². The van der Waals surface area contributed by atoms with Crippen LogP contribution in [-0.2, 0) is 0 Å². The predicted octanol–water partition coefficient (Wildman–Crippen LogP) is 1.88. The molecule has 1 unspecified atom stereocenters. The number of nitro benzene ring substituents is 1. The highest BCUT2D eigenvalue weighted by Crippen LogP contribution is 2.19. The van der Waals surface area contributed by atoms with Crippen LogP contribution in [0.25, 0.3) is 5.69 Å². The van der Waals surface area contributed by atoms with Gasteiger partial charge >= 0.3 is 0 Å². The molecule has 1 atom stereocenters. The quantitative estimate of drug-likeness (QED) is 0.644. The van der Waals surface area contributed by atoms with Crippen LogP contribution in [-0.4, -0.2) is 31.7 Å². The van der Waals surface area contributed by atoms with Gasteiger partial charge in [-0.1, -0.05) is 19.9 Å². The van der Waals surface area contributed by atoms with E-state index < -0.39 is 4.92 Å². The Hall–Kier alpha value is -2.35. The van der Waals surface area contributed by atoms with Gasteiger partial charge in [-0.3, -0.25) is 10.1 Å². The van der Waals surface area contributed by atoms with Gasteiger partial charge in [0.15, 0.2) is 5.82 Å². The third-order valence-corrected chi connectivity index (χ3v) is 3.00. The van der Waals surface area contributed by atoms with Gasteiger partial charge in [-0.2, -0.15) is 4.68 Å². The molecular weight excluding hydrogens is 272 g/mol. The van der Waals surface area contributed by atoms with Crippen molar-refractivity contribution in [3.8, 4) is 5.69 Å². The Bertz CT molecular complexity index is 625. The second-order valence-corrected chi connectivity index (χ2v) is 5.25. The SMILES string of the molecule is CC(C)CNC(C)c1nnnn1-c1cccc([N+](=O)[O-])c1. The van der Waals surface area contributed by atoms with Gasteiger partial charge in [0.25, 0.3) is 5.69 Å². The van der Waals surface area contributed by atoms with Crippen molar-refractivity contribution in [2.75, 3.05) is 6.54 Å². The summed E-state index contributed by atoms with van der Waals surface area (Å²) in [6.45, 7) is 7.03. The Kier molecular flexibility index (Phi) is 4.59. The lowest BCUT2D eigenvalue weighted by Crippen LogP contribution is -2.25. The molecular formula is C13H18N6O2. The molecule has 0 aliphatic carbocycles. The summed E-state index contributed by atoms with van der Waals surface area (Å²) in [5.41, 5.74) is 0.583. The molecule has 0 saturated heterocycles. The minimum Gasteiger partial charge on any atom is -0.307 e. The first-order valence-electron chi connectivity index (χ1n) is 6.75. The third-order valence-electron chi connectivity index (χ3n) is 3.00. The van der Waals surface area contributed by atoms with Gasteiger partial charge < -0.3 is 5.32 Å². The second kappa shape index (κ2) is 6.40. The standard InChI is InChI=1S/C13H18N6O2/c1-9(2)8-14-10(3)13-15-16-17-18(13)11-5-4-6-12(7-11)19(20)21/h4-7,9-10,14H,8H2,1-3H3. The summed E-state index contributed by atoms with van der Waals surface area (Å²) in [6.07, 6.45) is 0. The second-order valence-electron chi connectivity index (χ2n) is 5.25. The maximum Gasteiger partial charge on any atom is 0.271 e. The van der Waals surface area contributed by atoms with E-state index in [1.54, 1.807) is 12.1 Å². The van der Waals surface area contributed by atoms with Crippen molar-refractivity contribution in [2.45, 2.75) is 26.8 Å². The molecule has 1 N–H and O–H groups in total. The van der Waals surface area contributed by atoms with Gasteiger partial charge in [-0.25, -0.2) is 0 Å². The van der Waals surface area contributed by atoms with E-state index in [0.29, 0.717) is 17.4 Å². The van der Waals surface area contributed by atoms with Crippen molar-refractivity contribution in [3.05, 3.63) is 40.2 Å². The number of hydrogen-bond acceptors (Lipinski definition) is 6. The van der Waals surface area contributed by atoms with E-state index in [0.717, 1.165) is 6.54 Å². The van der Waals surface area contributed by atoms with Crippen molar-refractivity contribution in [3.63, 3.8) is 0 Å². The van der Waals surface area contributed by atoms with Crippen molar-refractivity contribution in [1.82, 2.24) is 25.5 Å². The van der Waals surface area contributed by atoms with E-state index in [9.17, 15) is 10.1 Å². The summed E-state index contributed by atoms with van der Waals surface area (Å²) in [5.74, 6) is 1.13. The number of nitrogens with zero attached hydrogens (tertiary/aromatic N) is 5. The summed E-state index contributed by atoms with van der Waals surface area (Å²) in [7, 11) is 0. The van der Waals surface area contributed by atoms with Crippen LogP contribution < -0.4 is 5.32 Å². The summed E-state index contributed by atoms with van der Waals surface area (Å²) >= 11 is 0. The average Bonchev–Trinajstić information content (AvgIpc) is 2.94. The van der Waals surface area contributed by atoms with E-state index in [1.807, 2.05) is 6.92 Å².